The van der Waals surface area contributed by atoms with E-state index in [0.29, 0.717) is 13.1 Å². The highest BCUT2D eigenvalue weighted by Gasteiger charge is 2.41. The Morgan fingerprint density at radius 3 is 2.70 bits per heavy atom. The maximum atomic E-state index is 12.8. The quantitative estimate of drug-likeness (QED) is 0.635. The normalized spacial score (nSPS) is 15.7. The number of benzene rings is 1. The number of hydrogen-bond acceptors (Lipinski definition) is 6. The van der Waals surface area contributed by atoms with Crippen molar-refractivity contribution in [2.24, 2.45) is 0 Å². The molecule has 0 bridgehead atoms. The molecule has 156 valence electrons. The third-order valence-corrected chi connectivity index (χ3v) is 6.44. The fraction of sp³-hybridized carbons (Fsp3) is 0.364. The van der Waals surface area contributed by atoms with E-state index in [0.717, 1.165) is 42.8 Å². The highest BCUT2D eigenvalue weighted by Crippen LogP contribution is 2.42. The maximum absolute atomic E-state index is 12.8. The summed E-state index contributed by atoms with van der Waals surface area (Å²) in [6.07, 6.45) is 5.14. The molecule has 0 saturated carbocycles. The summed E-state index contributed by atoms with van der Waals surface area (Å²) in [6.45, 7) is 4.24. The van der Waals surface area contributed by atoms with Gasteiger partial charge >= 0.3 is 0 Å². The SMILES string of the molecule is CCCNc1nc(C2(c3ccccc3)CCN(C(=O)c3c[nH]c(=O)cn3)CC2)cs1. The van der Waals surface area contributed by atoms with Crippen molar-refractivity contribution in [2.75, 3.05) is 25.0 Å². The van der Waals surface area contributed by atoms with E-state index in [9.17, 15) is 9.59 Å². The van der Waals surface area contributed by atoms with Crippen LogP contribution in [0, 0.1) is 0 Å². The Morgan fingerprint density at radius 2 is 2.03 bits per heavy atom. The molecule has 1 saturated heterocycles. The first-order chi connectivity index (χ1) is 14.6. The molecule has 1 fully saturated rings. The van der Waals surface area contributed by atoms with Gasteiger partial charge in [0.05, 0.1) is 11.9 Å². The third-order valence-electron chi connectivity index (χ3n) is 5.64. The molecule has 8 heteroatoms. The van der Waals surface area contributed by atoms with Gasteiger partial charge in [-0.1, -0.05) is 37.3 Å². The molecule has 0 spiro atoms. The molecule has 1 amide bonds. The molecule has 3 heterocycles. The Balaban J connectivity index is 1.58. The van der Waals surface area contributed by atoms with Gasteiger partial charge in [-0.15, -0.1) is 11.3 Å². The molecule has 4 rings (SSSR count). The lowest BCUT2D eigenvalue weighted by Crippen LogP contribution is -2.46. The van der Waals surface area contributed by atoms with Gasteiger partial charge in [0.25, 0.3) is 11.5 Å². The van der Waals surface area contributed by atoms with Gasteiger partial charge in [0.1, 0.15) is 5.69 Å². The predicted octanol–water partition coefficient (Wildman–Crippen LogP) is 3.27. The molecule has 0 atom stereocenters. The van der Waals surface area contributed by atoms with Crippen LogP contribution in [0.5, 0.6) is 0 Å². The van der Waals surface area contributed by atoms with Crippen LogP contribution in [-0.4, -0.2) is 45.4 Å². The number of nitrogens with one attached hydrogen (secondary N) is 2. The first-order valence-electron chi connectivity index (χ1n) is 10.2. The highest BCUT2D eigenvalue weighted by molar-refractivity contribution is 7.13. The number of aromatic amines is 1. The van der Waals surface area contributed by atoms with E-state index in [1.807, 2.05) is 11.0 Å². The Bertz CT molecular complexity index is 1030. The van der Waals surface area contributed by atoms with E-state index in [4.69, 9.17) is 4.98 Å². The zero-order chi connectivity index (χ0) is 21.0. The van der Waals surface area contributed by atoms with Gasteiger partial charge in [-0.25, -0.2) is 9.97 Å². The van der Waals surface area contributed by atoms with Crippen LogP contribution in [0.1, 0.15) is 47.9 Å². The van der Waals surface area contributed by atoms with Crippen molar-refractivity contribution in [3.8, 4) is 0 Å². The number of H-pyrrole nitrogens is 1. The summed E-state index contributed by atoms with van der Waals surface area (Å²) >= 11 is 1.64. The monoisotopic (exact) mass is 423 g/mol. The fourth-order valence-corrected chi connectivity index (χ4v) is 4.81. The molecular weight excluding hydrogens is 398 g/mol. The van der Waals surface area contributed by atoms with Gasteiger partial charge in [-0.2, -0.15) is 0 Å². The number of carbonyl (C=O) groups is 1. The largest absolute Gasteiger partial charge is 0.362 e. The Morgan fingerprint density at radius 1 is 1.27 bits per heavy atom. The summed E-state index contributed by atoms with van der Waals surface area (Å²) in [5.74, 6) is -0.156. The molecular formula is C22H25N5O2S. The molecule has 1 aromatic carbocycles. The Labute approximate surface area is 179 Å². The molecule has 7 nitrogen and oxygen atoms in total. The van der Waals surface area contributed by atoms with E-state index >= 15 is 0 Å². The first kappa shape index (κ1) is 20.3. The van der Waals surface area contributed by atoms with E-state index in [1.54, 1.807) is 11.3 Å². The summed E-state index contributed by atoms with van der Waals surface area (Å²) in [4.78, 5) is 37.3. The molecule has 0 aliphatic carbocycles. The van der Waals surface area contributed by atoms with Gasteiger partial charge in [0.15, 0.2) is 5.13 Å². The number of rotatable bonds is 6. The zero-order valence-electron chi connectivity index (χ0n) is 16.9. The van der Waals surface area contributed by atoms with Crippen molar-refractivity contribution in [3.05, 3.63) is 75.4 Å². The van der Waals surface area contributed by atoms with Crippen LogP contribution in [0.3, 0.4) is 0 Å². The summed E-state index contributed by atoms with van der Waals surface area (Å²) in [5.41, 5.74) is 2.02. The second-order valence-electron chi connectivity index (χ2n) is 7.50. The topological polar surface area (TPSA) is 91.0 Å². The molecule has 3 aromatic rings. The van der Waals surface area contributed by atoms with Gasteiger partial charge in [0.2, 0.25) is 0 Å². The predicted molar refractivity (Wildman–Crippen MR) is 118 cm³/mol. The number of nitrogens with zero attached hydrogens (tertiary/aromatic N) is 3. The lowest BCUT2D eigenvalue weighted by Gasteiger charge is -2.41. The number of thiazole rings is 1. The van der Waals surface area contributed by atoms with Crippen LogP contribution in [0.4, 0.5) is 5.13 Å². The number of likely N-dealkylation sites (tertiary alicyclic amines) is 1. The maximum Gasteiger partial charge on any atom is 0.273 e. The molecule has 1 aliphatic heterocycles. The van der Waals surface area contributed by atoms with Crippen LogP contribution < -0.4 is 10.9 Å². The van der Waals surface area contributed by atoms with Gasteiger partial charge in [-0.3, -0.25) is 9.59 Å². The molecule has 30 heavy (non-hydrogen) atoms. The molecule has 0 radical (unpaired) electrons. The van der Waals surface area contributed by atoms with E-state index in [-0.39, 0.29) is 22.6 Å². The van der Waals surface area contributed by atoms with Crippen molar-refractivity contribution in [1.82, 2.24) is 19.9 Å². The van der Waals surface area contributed by atoms with E-state index in [2.05, 4.69) is 51.9 Å². The minimum atomic E-state index is -0.315. The number of carbonyl (C=O) groups excluding carboxylic acids is 1. The number of piperidine rings is 1. The van der Waals surface area contributed by atoms with Crippen molar-refractivity contribution in [3.63, 3.8) is 0 Å². The number of amides is 1. The van der Waals surface area contributed by atoms with Gasteiger partial charge in [-0.05, 0) is 24.8 Å². The third kappa shape index (κ3) is 4.00. The van der Waals surface area contributed by atoms with Crippen molar-refractivity contribution in [1.29, 1.82) is 0 Å². The zero-order valence-corrected chi connectivity index (χ0v) is 17.7. The van der Waals surface area contributed by atoms with Crippen LogP contribution in [0.15, 0.2) is 52.9 Å². The summed E-state index contributed by atoms with van der Waals surface area (Å²) in [5, 5.41) is 6.47. The molecule has 1 aliphatic rings. The van der Waals surface area contributed by atoms with Crippen molar-refractivity contribution in [2.45, 2.75) is 31.6 Å². The lowest BCUT2D eigenvalue weighted by molar-refractivity contribution is 0.0677. The van der Waals surface area contributed by atoms with Crippen LogP contribution in [0.25, 0.3) is 0 Å². The van der Waals surface area contributed by atoms with Crippen LogP contribution in [0.2, 0.25) is 0 Å². The smallest absolute Gasteiger partial charge is 0.273 e. The van der Waals surface area contributed by atoms with Gasteiger partial charge in [0, 0.05) is 36.6 Å². The van der Waals surface area contributed by atoms with Crippen molar-refractivity contribution < 1.29 is 4.79 Å². The van der Waals surface area contributed by atoms with E-state index < -0.39 is 0 Å². The number of anilines is 1. The number of aromatic nitrogens is 3. The fourth-order valence-electron chi connectivity index (χ4n) is 3.97. The standard InChI is InChI=1S/C22H25N5O2S/c1-2-10-23-21-26-18(15-30-21)22(16-6-4-3-5-7-16)8-11-27(12-9-22)20(29)17-13-25-19(28)14-24-17/h3-7,13-15H,2,8-12H2,1H3,(H,23,26)(H,25,28). The van der Waals surface area contributed by atoms with E-state index in [1.165, 1.54) is 11.8 Å². The summed E-state index contributed by atoms with van der Waals surface area (Å²) in [7, 11) is 0. The Hall–Kier alpha value is -3.00. The van der Waals surface area contributed by atoms with Crippen LogP contribution in [-0.2, 0) is 5.41 Å². The van der Waals surface area contributed by atoms with Crippen LogP contribution >= 0.6 is 11.3 Å². The molecule has 2 aromatic heterocycles. The molecule has 0 unspecified atom stereocenters. The second-order valence-corrected chi connectivity index (χ2v) is 8.36. The lowest BCUT2D eigenvalue weighted by atomic mass is 9.70. The summed E-state index contributed by atoms with van der Waals surface area (Å²) < 4.78 is 0. The minimum Gasteiger partial charge on any atom is -0.362 e. The Kier molecular flexibility index (Phi) is 5.94. The minimum absolute atomic E-state index is 0.156. The molecule has 2 N–H and O–H groups in total. The average molecular weight is 424 g/mol. The first-order valence-corrected chi connectivity index (χ1v) is 11.1. The number of hydrogen-bond donors (Lipinski definition) is 2. The second kappa shape index (κ2) is 8.79. The van der Waals surface area contributed by atoms with Gasteiger partial charge < -0.3 is 15.2 Å². The highest BCUT2D eigenvalue weighted by atomic mass is 32.1. The summed E-state index contributed by atoms with van der Waals surface area (Å²) in [6, 6.07) is 10.4. The average Bonchev–Trinajstić information content (AvgIpc) is 3.28. The van der Waals surface area contributed by atoms with Crippen molar-refractivity contribution >= 4 is 22.4 Å².